The van der Waals surface area contributed by atoms with Crippen LogP contribution in [0.1, 0.15) is 26.0 Å². The van der Waals surface area contributed by atoms with Crippen LogP contribution in [0.15, 0.2) is 33.2 Å². The molecule has 0 aliphatic rings. The van der Waals surface area contributed by atoms with E-state index < -0.39 is 0 Å². The summed E-state index contributed by atoms with van der Waals surface area (Å²) in [6.07, 6.45) is 2.04. The van der Waals surface area contributed by atoms with Crippen LogP contribution in [0, 0.1) is 0 Å². The minimum atomic E-state index is 0.764. The summed E-state index contributed by atoms with van der Waals surface area (Å²) < 4.78 is 2.03. The Kier molecular flexibility index (Phi) is 5.54. The first kappa shape index (κ1) is 15.4. The molecule has 3 nitrogen and oxygen atoms in total. The number of benzene rings is 1. The topological polar surface area (TPSA) is 37.8 Å². The SMILES string of the molecule is CCCc1cc(NCC)nc(-c2ccc(Br)c(Br)c2)n1. The first-order valence-corrected chi connectivity index (χ1v) is 8.30. The Labute approximate surface area is 136 Å². The molecule has 1 aromatic heterocycles. The summed E-state index contributed by atoms with van der Waals surface area (Å²) in [5.74, 6) is 1.65. The van der Waals surface area contributed by atoms with Gasteiger partial charge in [-0.1, -0.05) is 13.3 Å². The summed E-state index contributed by atoms with van der Waals surface area (Å²) in [6, 6.07) is 8.09. The number of rotatable bonds is 5. The molecule has 0 spiro atoms. The maximum atomic E-state index is 4.66. The number of nitrogens with one attached hydrogen (secondary N) is 1. The molecule has 0 aliphatic carbocycles. The number of aryl methyl sites for hydroxylation is 1. The Bertz CT molecular complexity index is 575. The van der Waals surface area contributed by atoms with Crippen LogP contribution in [0.3, 0.4) is 0 Å². The van der Waals surface area contributed by atoms with Crippen LogP contribution in [0.4, 0.5) is 5.82 Å². The molecule has 2 aromatic rings. The van der Waals surface area contributed by atoms with E-state index in [0.717, 1.165) is 51.2 Å². The molecule has 0 atom stereocenters. The maximum absolute atomic E-state index is 4.66. The Balaban J connectivity index is 2.45. The predicted molar refractivity (Wildman–Crippen MR) is 91.0 cm³/mol. The molecule has 1 N–H and O–H groups in total. The predicted octanol–water partition coefficient (Wildman–Crippen LogP) is 5.05. The van der Waals surface area contributed by atoms with Crippen molar-refractivity contribution in [2.45, 2.75) is 26.7 Å². The molecule has 106 valence electrons. The summed E-state index contributed by atoms with van der Waals surface area (Å²) in [5.41, 5.74) is 2.09. The molecule has 0 saturated carbocycles. The molecule has 0 radical (unpaired) electrons. The first-order valence-electron chi connectivity index (χ1n) is 6.71. The Hall–Kier alpha value is -0.940. The second-order valence-corrected chi connectivity index (χ2v) is 6.19. The normalized spacial score (nSPS) is 10.6. The van der Waals surface area contributed by atoms with E-state index >= 15 is 0 Å². The number of anilines is 1. The van der Waals surface area contributed by atoms with Crippen molar-refractivity contribution in [3.05, 3.63) is 38.9 Å². The third-order valence-corrected chi connectivity index (χ3v) is 4.70. The van der Waals surface area contributed by atoms with Gasteiger partial charge < -0.3 is 5.32 Å². The number of hydrogen-bond acceptors (Lipinski definition) is 3. The number of nitrogens with zero attached hydrogens (tertiary/aromatic N) is 2. The maximum Gasteiger partial charge on any atom is 0.161 e. The zero-order valence-corrected chi connectivity index (χ0v) is 14.8. The van der Waals surface area contributed by atoms with Crippen molar-refractivity contribution >= 4 is 37.7 Å². The average molecular weight is 399 g/mol. The van der Waals surface area contributed by atoms with E-state index in [1.807, 2.05) is 24.3 Å². The van der Waals surface area contributed by atoms with Gasteiger partial charge >= 0.3 is 0 Å². The van der Waals surface area contributed by atoms with Crippen LogP contribution in [-0.2, 0) is 6.42 Å². The van der Waals surface area contributed by atoms with Crippen LogP contribution in [0.2, 0.25) is 0 Å². The van der Waals surface area contributed by atoms with E-state index in [1.165, 1.54) is 0 Å². The van der Waals surface area contributed by atoms with Crippen molar-refractivity contribution in [3.8, 4) is 11.4 Å². The van der Waals surface area contributed by atoms with Crippen molar-refractivity contribution in [1.29, 1.82) is 0 Å². The van der Waals surface area contributed by atoms with Gasteiger partial charge in [0, 0.05) is 32.8 Å². The van der Waals surface area contributed by atoms with Gasteiger partial charge in [-0.2, -0.15) is 0 Å². The summed E-state index contributed by atoms with van der Waals surface area (Å²) in [6.45, 7) is 5.08. The highest BCUT2D eigenvalue weighted by Crippen LogP contribution is 2.28. The fraction of sp³-hybridized carbons (Fsp3) is 0.333. The summed E-state index contributed by atoms with van der Waals surface area (Å²) in [4.78, 5) is 9.25. The quantitative estimate of drug-likeness (QED) is 0.765. The zero-order chi connectivity index (χ0) is 14.5. The number of hydrogen-bond donors (Lipinski definition) is 1. The second kappa shape index (κ2) is 7.18. The van der Waals surface area contributed by atoms with Crippen molar-refractivity contribution < 1.29 is 0 Å². The molecule has 0 bridgehead atoms. The monoisotopic (exact) mass is 397 g/mol. The van der Waals surface area contributed by atoms with Crippen LogP contribution in [-0.4, -0.2) is 16.5 Å². The van der Waals surface area contributed by atoms with E-state index in [1.54, 1.807) is 0 Å². The molecule has 1 aromatic carbocycles. The van der Waals surface area contributed by atoms with Crippen molar-refractivity contribution in [1.82, 2.24) is 9.97 Å². The molecule has 1 heterocycles. The fourth-order valence-electron chi connectivity index (χ4n) is 1.92. The van der Waals surface area contributed by atoms with E-state index in [-0.39, 0.29) is 0 Å². The largest absolute Gasteiger partial charge is 0.370 e. The lowest BCUT2D eigenvalue weighted by atomic mass is 10.2. The lowest BCUT2D eigenvalue weighted by molar-refractivity contribution is 0.875. The van der Waals surface area contributed by atoms with Gasteiger partial charge in [0.1, 0.15) is 5.82 Å². The molecule has 20 heavy (non-hydrogen) atoms. The van der Waals surface area contributed by atoms with Crippen molar-refractivity contribution in [2.75, 3.05) is 11.9 Å². The van der Waals surface area contributed by atoms with Gasteiger partial charge in [0.15, 0.2) is 5.82 Å². The smallest absolute Gasteiger partial charge is 0.161 e. The van der Waals surface area contributed by atoms with Crippen LogP contribution in [0.5, 0.6) is 0 Å². The Morgan fingerprint density at radius 3 is 2.50 bits per heavy atom. The summed E-state index contributed by atoms with van der Waals surface area (Å²) in [5, 5.41) is 3.27. The van der Waals surface area contributed by atoms with Gasteiger partial charge in [-0.15, -0.1) is 0 Å². The highest BCUT2D eigenvalue weighted by molar-refractivity contribution is 9.13. The van der Waals surface area contributed by atoms with E-state index in [2.05, 4.69) is 61.0 Å². The molecular formula is C15H17Br2N3. The molecule has 2 rings (SSSR count). The number of halogens is 2. The second-order valence-electron chi connectivity index (χ2n) is 4.48. The van der Waals surface area contributed by atoms with Gasteiger partial charge in [-0.05, 0) is 63.4 Å². The first-order chi connectivity index (χ1) is 9.63. The van der Waals surface area contributed by atoms with Crippen LogP contribution >= 0.6 is 31.9 Å². The summed E-state index contributed by atoms with van der Waals surface area (Å²) >= 11 is 7.00. The molecule has 0 unspecified atom stereocenters. The highest BCUT2D eigenvalue weighted by atomic mass is 79.9. The van der Waals surface area contributed by atoms with Gasteiger partial charge in [0.25, 0.3) is 0 Å². The molecule has 0 amide bonds. The van der Waals surface area contributed by atoms with Crippen molar-refractivity contribution in [3.63, 3.8) is 0 Å². The van der Waals surface area contributed by atoms with E-state index in [0.29, 0.717) is 0 Å². The highest BCUT2D eigenvalue weighted by Gasteiger charge is 2.08. The lowest BCUT2D eigenvalue weighted by Crippen LogP contribution is -2.04. The fourth-order valence-corrected chi connectivity index (χ4v) is 2.54. The molecule has 0 saturated heterocycles. The van der Waals surface area contributed by atoms with Gasteiger partial charge in [-0.3, -0.25) is 0 Å². The van der Waals surface area contributed by atoms with Gasteiger partial charge in [0.2, 0.25) is 0 Å². The molecular weight excluding hydrogens is 382 g/mol. The van der Waals surface area contributed by atoms with Crippen LogP contribution < -0.4 is 5.32 Å². The third kappa shape index (κ3) is 3.79. The molecule has 0 aliphatic heterocycles. The molecule has 5 heteroatoms. The average Bonchev–Trinajstić information content (AvgIpc) is 2.42. The lowest BCUT2D eigenvalue weighted by Gasteiger charge is -2.09. The van der Waals surface area contributed by atoms with Crippen LogP contribution in [0.25, 0.3) is 11.4 Å². The Morgan fingerprint density at radius 2 is 1.85 bits per heavy atom. The summed E-state index contributed by atoms with van der Waals surface area (Å²) in [7, 11) is 0. The third-order valence-electron chi connectivity index (χ3n) is 2.82. The van der Waals surface area contributed by atoms with Gasteiger partial charge in [0.05, 0.1) is 0 Å². The molecule has 0 fully saturated rings. The zero-order valence-electron chi connectivity index (χ0n) is 11.6. The van der Waals surface area contributed by atoms with Crippen molar-refractivity contribution in [2.24, 2.45) is 0 Å². The van der Waals surface area contributed by atoms with Gasteiger partial charge in [-0.25, -0.2) is 9.97 Å². The standard InChI is InChI=1S/C15H17Br2N3/c1-3-5-11-9-14(18-4-2)20-15(19-11)10-6-7-12(16)13(17)8-10/h6-9H,3-5H2,1-2H3,(H,18,19,20). The minimum absolute atomic E-state index is 0.764. The Morgan fingerprint density at radius 1 is 1.05 bits per heavy atom. The minimum Gasteiger partial charge on any atom is -0.370 e. The number of aromatic nitrogens is 2. The van der Waals surface area contributed by atoms with E-state index in [4.69, 9.17) is 0 Å². The van der Waals surface area contributed by atoms with E-state index in [9.17, 15) is 0 Å².